The van der Waals surface area contributed by atoms with E-state index >= 15 is 0 Å². The first kappa shape index (κ1) is 19.9. The highest BCUT2D eigenvalue weighted by Crippen LogP contribution is 2.22. The zero-order chi connectivity index (χ0) is 17.8. The topological polar surface area (TPSA) is 48.2 Å². The van der Waals surface area contributed by atoms with Crippen LogP contribution in [0.5, 0.6) is 0 Å². The fraction of sp³-hybridized carbons (Fsp3) is 0.368. The quantitative estimate of drug-likeness (QED) is 0.343. The van der Waals surface area contributed by atoms with Crippen molar-refractivity contribution < 1.29 is 0 Å². The third kappa shape index (κ3) is 4.73. The molecule has 4 rings (SSSR count). The van der Waals surface area contributed by atoms with Crippen LogP contribution in [0, 0.1) is 0 Å². The number of pyridine rings is 1. The number of thiophene rings is 1. The van der Waals surface area contributed by atoms with E-state index in [-0.39, 0.29) is 24.0 Å². The first-order valence-corrected chi connectivity index (χ1v) is 9.88. The van der Waals surface area contributed by atoms with Crippen LogP contribution in [0.1, 0.15) is 5.69 Å². The Morgan fingerprint density at radius 2 is 2.04 bits per heavy atom. The average molecular weight is 496 g/mol. The molecule has 3 aromatic rings. The van der Waals surface area contributed by atoms with E-state index < -0.39 is 0 Å². The van der Waals surface area contributed by atoms with Crippen molar-refractivity contribution in [1.29, 1.82) is 0 Å². The number of nitrogens with zero attached hydrogens (tertiary/aromatic N) is 5. The van der Waals surface area contributed by atoms with Gasteiger partial charge in [-0.1, -0.05) is 6.07 Å². The van der Waals surface area contributed by atoms with Gasteiger partial charge in [0.25, 0.3) is 0 Å². The van der Waals surface area contributed by atoms with Gasteiger partial charge in [-0.15, -0.1) is 35.3 Å². The number of hydrogen-bond acceptors (Lipinski definition) is 4. The third-order valence-corrected chi connectivity index (χ3v) is 5.62. The molecule has 4 heterocycles. The molecular formula is C19H25IN6S. The van der Waals surface area contributed by atoms with Crippen molar-refractivity contribution in [3.8, 4) is 0 Å². The fourth-order valence-electron chi connectivity index (χ4n) is 3.33. The molecule has 1 saturated heterocycles. The Morgan fingerprint density at radius 3 is 2.74 bits per heavy atom. The highest BCUT2D eigenvalue weighted by molar-refractivity contribution is 14.0. The molecule has 0 radical (unpaired) electrons. The maximum Gasteiger partial charge on any atom is 0.193 e. The number of fused-ring (bicyclic) bond motifs is 1. The Balaban J connectivity index is 0.00000210. The van der Waals surface area contributed by atoms with Crippen LogP contribution in [0.15, 0.2) is 53.1 Å². The molecule has 0 bridgehead atoms. The molecule has 27 heavy (non-hydrogen) atoms. The number of anilines is 1. The van der Waals surface area contributed by atoms with E-state index in [9.17, 15) is 0 Å². The van der Waals surface area contributed by atoms with Gasteiger partial charge in [-0.3, -0.25) is 4.99 Å². The van der Waals surface area contributed by atoms with Gasteiger partial charge in [0.05, 0.1) is 10.7 Å². The first-order chi connectivity index (χ1) is 12.8. The third-order valence-electron chi connectivity index (χ3n) is 4.69. The molecule has 1 N–H and O–H groups in total. The van der Waals surface area contributed by atoms with Crippen LogP contribution in [0.2, 0.25) is 0 Å². The van der Waals surface area contributed by atoms with Crippen LogP contribution in [0.4, 0.5) is 5.00 Å². The molecule has 1 aliphatic heterocycles. The van der Waals surface area contributed by atoms with Gasteiger partial charge >= 0.3 is 0 Å². The summed E-state index contributed by atoms with van der Waals surface area (Å²) in [6, 6.07) is 10.4. The summed E-state index contributed by atoms with van der Waals surface area (Å²) in [5, 5.41) is 6.99. The van der Waals surface area contributed by atoms with Crippen LogP contribution >= 0.6 is 35.3 Å². The van der Waals surface area contributed by atoms with Crippen molar-refractivity contribution in [3.63, 3.8) is 0 Å². The van der Waals surface area contributed by atoms with E-state index in [4.69, 9.17) is 0 Å². The molecule has 1 fully saturated rings. The number of halogens is 1. The fourth-order valence-corrected chi connectivity index (χ4v) is 4.12. The molecule has 0 unspecified atom stereocenters. The number of nitrogens with one attached hydrogen (secondary N) is 1. The molecule has 0 saturated carbocycles. The Kier molecular flexibility index (Phi) is 6.95. The highest BCUT2D eigenvalue weighted by Gasteiger charge is 2.20. The molecule has 6 nitrogen and oxygen atoms in total. The van der Waals surface area contributed by atoms with Crippen molar-refractivity contribution in [3.05, 3.63) is 53.8 Å². The normalized spacial score (nSPS) is 15.1. The van der Waals surface area contributed by atoms with E-state index in [0.717, 1.165) is 56.4 Å². The monoisotopic (exact) mass is 496 g/mol. The van der Waals surface area contributed by atoms with Gasteiger partial charge in [0.2, 0.25) is 0 Å². The van der Waals surface area contributed by atoms with Gasteiger partial charge in [0.15, 0.2) is 5.96 Å². The second-order valence-corrected chi connectivity index (χ2v) is 7.27. The Labute approximate surface area is 180 Å². The summed E-state index contributed by atoms with van der Waals surface area (Å²) in [6.07, 6.45) is 5.01. The smallest absolute Gasteiger partial charge is 0.193 e. The molecule has 0 spiro atoms. The predicted molar refractivity (Wildman–Crippen MR) is 124 cm³/mol. The first-order valence-electron chi connectivity index (χ1n) is 9.00. The molecule has 0 atom stereocenters. The van der Waals surface area contributed by atoms with E-state index in [2.05, 4.69) is 53.2 Å². The zero-order valence-corrected chi connectivity index (χ0v) is 18.6. The number of hydrogen-bond donors (Lipinski definition) is 1. The lowest BCUT2D eigenvalue weighted by Crippen LogP contribution is -2.52. The molecule has 8 heteroatoms. The summed E-state index contributed by atoms with van der Waals surface area (Å²) >= 11 is 1.81. The van der Waals surface area contributed by atoms with E-state index in [1.807, 2.05) is 42.8 Å². The Morgan fingerprint density at radius 1 is 1.19 bits per heavy atom. The average Bonchev–Trinajstić information content (AvgIpc) is 3.35. The van der Waals surface area contributed by atoms with Crippen LogP contribution in [-0.4, -0.2) is 60.0 Å². The maximum atomic E-state index is 4.65. The minimum Gasteiger partial charge on any atom is -0.360 e. The number of rotatable bonds is 4. The number of aliphatic imine (C=N–C) groups is 1. The van der Waals surface area contributed by atoms with Gasteiger partial charge in [-0.05, 0) is 29.6 Å². The summed E-state index contributed by atoms with van der Waals surface area (Å²) in [5.74, 6) is 0.986. The lowest BCUT2D eigenvalue weighted by atomic mass is 10.3. The maximum absolute atomic E-state index is 4.65. The number of piperazine rings is 1. The molecular weight excluding hydrogens is 471 g/mol. The van der Waals surface area contributed by atoms with Crippen molar-refractivity contribution in [2.24, 2.45) is 4.99 Å². The lowest BCUT2D eigenvalue weighted by Gasteiger charge is -2.37. The largest absolute Gasteiger partial charge is 0.360 e. The molecule has 1 aliphatic rings. The van der Waals surface area contributed by atoms with Crippen molar-refractivity contribution in [1.82, 2.24) is 19.6 Å². The molecule has 0 aliphatic carbocycles. The van der Waals surface area contributed by atoms with Crippen LogP contribution in [-0.2, 0) is 6.42 Å². The van der Waals surface area contributed by atoms with Gasteiger partial charge < -0.3 is 19.5 Å². The molecule has 144 valence electrons. The van der Waals surface area contributed by atoms with Gasteiger partial charge in [-0.25, -0.2) is 4.98 Å². The summed E-state index contributed by atoms with van der Waals surface area (Å²) in [7, 11) is 1.86. The van der Waals surface area contributed by atoms with Crippen molar-refractivity contribution in [2.75, 3.05) is 44.7 Å². The molecule has 0 aromatic carbocycles. The number of aromatic nitrogens is 2. The summed E-state index contributed by atoms with van der Waals surface area (Å²) in [4.78, 5) is 13.9. The second-order valence-electron chi connectivity index (χ2n) is 6.35. The van der Waals surface area contributed by atoms with Crippen molar-refractivity contribution >= 4 is 51.9 Å². The second kappa shape index (κ2) is 9.41. The van der Waals surface area contributed by atoms with Crippen LogP contribution in [0.25, 0.3) is 5.65 Å². The SMILES string of the molecule is CN=C(NCCc1cn2ccccc2n1)N1CCN(c2cccs2)CC1.I. The zero-order valence-electron chi connectivity index (χ0n) is 15.4. The Bertz CT molecular complexity index is 834. The summed E-state index contributed by atoms with van der Waals surface area (Å²) in [6.45, 7) is 4.89. The van der Waals surface area contributed by atoms with Crippen LogP contribution in [0.3, 0.4) is 0 Å². The standard InChI is InChI=1S/C19H24N6S.HI/c1-20-19(24-12-10-23(11-13-24)18-6-4-14-26-18)21-8-7-16-15-25-9-3-2-5-17(25)22-16;/h2-6,9,14-15H,7-8,10-13H2,1H3,(H,20,21);1H. The van der Waals surface area contributed by atoms with E-state index in [1.165, 1.54) is 5.00 Å². The molecule has 3 aromatic heterocycles. The minimum absolute atomic E-state index is 0. The number of imidazole rings is 1. The van der Waals surface area contributed by atoms with Crippen LogP contribution < -0.4 is 10.2 Å². The van der Waals surface area contributed by atoms with E-state index in [0.29, 0.717) is 0 Å². The van der Waals surface area contributed by atoms with E-state index in [1.54, 1.807) is 0 Å². The molecule has 0 amide bonds. The lowest BCUT2D eigenvalue weighted by molar-refractivity contribution is 0.373. The minimum atomic E-state index is 0. The van der Waals surface area contributed by atoms with Gasteiger partial charge in [-0.2, -0.15) is 0 Å². The summed E-state index contributed by atoms with van der Waals surface area (Å²) in [5.41, 5.74) is 2.10. The van der Waals surface area contributed by atoms with Gasteiger partial charge in [0, 0.05) is 58.6 Å². The van der Waals surface area contributed by atoms with Gasteiger partial charge in [0.1, 0.15) is 5.65 Å². The Hall–Kier alpha value is -1.81. The summed E-state index contributed by atoms with van der Waals surface area (Å²) < 4.78 is 2.06. The number of guanidine groups is 1. The van der Waals surface area contributed by atoms with Crippen molar-refractivity contribution in [2.45, 2.75) is 6.42 Å². The highest BCUT2D eigenvalue weighted by atomic mass is 127. The predicted octanol–water partition coefficient (Wildman–Crippen LogP) is 2.95.